The van der Waals surface area contributed by atoms with Crippen molar-refractivity contribution in [2.75, 3.05) is 36.2 Å². The average Bonchev–Trinajstić information content (AvgIpc) is 3.12. The van der Waals surface area contributed by atoms with E-state index >= 15 is 0 Å². The van der Waals surface area contributed by atoms with Crippen LogP contribution in [-0.2, 0) is 16.0 Å². The number of nitrogens with zero attached hydrogens (tertiary/aromatic N) is 2. The monoisotopic (exact) mass is 380 g/mol. The van der Waals surface area contributed by atoms with Crippen molar-refractivity contribution in [2.45, 2.75) is 12.5 Å². The minimum atomic E-state index is -1.04. The molecule has 2 aliphatic rings. The summed E-state index contributed by atoms with van der Waals surface area (Å²) in [5.74, 6) is 1.74. The number of amides is 2. The van der Waals surface area contributed by atoms with E-state index in [1.165, 1.54) is 6.07 Å². The molecule has 25 heavy (non-hydrogen) atoms. The van der Waals surface area contributed by atoms with Gasteiger partial charge >= 0.3 is 5.97 Å². The molecule has 0 radical (unpaired) electrons. The third-order valence-corrected chi connectivity index (χ3v) is 6.35. The molecule has 2 heterocycles. The molecule has 8 heteroatoms. The minimum absolute atomic E-state index is 0.00264. The zero-order chi connectivity index (χ0) is 17.8. The molecule has 2 amide bonds. The Morgan fingerprint density at radius 1 is 1.12 bits per heavy atom. The number of carbonyl (C=O) groups is 3. The molecule has 134 valence electrons. The van der Waals surface area contributed by atoms with Gasteiger partial charge in [0.25, 0.3) is 0 Å². The SMILES string of the molecule is O=C(O)c1ccccc1CC(=O)N1CSCC1C(=O)N1CCSCC1. The Morgan fingerprint density at radius 2 is 1.84 bits per heavy atom. The van der Waals surface area contributed by atoms with Crippen LogP contribution in [0.1, 0.15) is 15.9 Å². The lowest BCUT2D eigenvalue weighted by Crippen LogP contribution is -2.51. The lowest BCUT2D eigenvalue weighted by atomic mass is 10.0. The average molecular weight is 380 g/mol. The fraction of sp³-hybridized carbons (Fsp3) is 0.471. The second kappa shape index (κ2) is 8.14. The number of carbonyl (C=O) groups excluding carboxylic acids is 2. The van der Waals surface area contributed by atoms with Gasteiger partial charge in [0.15, 0.2) is 0 Å². The molecule has 1 aromatic rings. The van der Waals surface area contributed by atoms with E-state index in [2.05, 4.69) is 0 Å². The van der Waals surface area contributed by atoms with Gasteiger partial charge in [0.2, 0.25) is 11.8 Å². The molecule has 1 atom stereocenters. The fourth-order valence-electron chi connectivity index (χ4n) is 3.04. The number of hydrogen-bond donors (Lipinski definition) is 1. The molecule has 1 aromatic carbocycles. The zero-order valence-electron chi connectivity index (χ0n) is 13.7. The summed E-state index contributed by atoms with van der Waals surface area (Å²) in [6.45, 7) is 1.46. The molecular weight excluding hydrogens is 360 g/mol. The van der Waals surface area contributed by atoms with Crippen molar-refractivity contribution in [3.63, 3.8) is 0 Å². The van der Waals surface area contributed by atoms with Gasteiger partial charge in [-0.25, -0.2) is 4.79 Å². The maximum absolute atomic E-state index is 12.8. The second-order valence-electron chi connectivity index (χ2n) is 5.96. The summed E-state index contributed by atoms with van der Waals surface area (Å²) in [7, 11) is 0. The first-order valence-corrected chi connectivity index (χ1v) is 10.4. The van der Waals surface area contributed by atoms with Crippen LogP contribution in [0.15, 0.2) is 24.3 Å². The third-order valence-electron chi connectivity index (χ3n) is 4.40. The van der Waals surface area contributed by atoms with Gasteiger partial charge in [0.1, 0.15) is 6.04 Å². The van der Waals surface area contributed by atoms with Crippen molar-refractivity contribution in [3.05, 3.63) is 35.4 Å². The van der Waals surface area contributed by atoms with E-state index in [1.807, 2.05) is 16.7 Å². The van der Waals surface area contributed by atoms with E-state index in [9.17, 15) is 19.5 Å². The fourth-order valence-corrected chi connectivity index (χ4v) is 5.11. The Labute approximate surface area is 154 Å². The predicted octanol–water partition coefficient (Wildman–Crippen LogP) is 1.40. The van der Waals surface area contributed by atoms with Gasteiger partial charge in [-0.15, -0.1) is 11.8 Å². The topological polar surface area (TPSA) is 77.9 Å². The highest BCUT2D eigenvalue weighted by molar-refractivity contribution is 7.99. The molecule has 2 aliphatic heterocycles. The Balaban J connectivity index is 1.71. The van der Waals surface area contributed by atoms with Crippen LogP contribution in [0.4, 0.5) is 0 Å². The van der Waals surface area contributed by atoms with Gasteiger partial charge in [0.05, 0.1) is 17.9 Å². The van der Waals surface area contributed by atoms with Crippen molar-refractivity contribution in [3.8, 4) is 0 Å². The first-order valence-electron chi connectivity index (χ1n) is 8.13. The van der Waals surface area contributed by atoms with Crippen LogP contribution < -0.4 is 0 Å². The number of carboxylic acids is 1. The number of benzene rings is 1. The molecule has 0 aliphatic carbocycles. The lowest BCUT2D eigenvalue weighted by molar-refractivity contribution is -0.142. The van der Waals surface area contributed by atoms with Crippen LogP contribution in [0.3, 0.4) is 0 Å². The van der Waals surface area contributed by atoms with Crippen molar-refractivity contribution in [2.24, 2.45) is 0 Å². The Hall–Kier alpha value is -1.67. The number of aromatic carboxylic acids is 1. The third kappa shape index (κ3) is 4.12. The number of rotatable bonds is 4. The maximum atomic E-state index is 12.8. The Morgan fingerprint density at radius 3 is 2.56 bits per heavy atom. The molecule has 0 saturated carbocycles. The molecule has 1 N–H and O–H groups in total. The minimum Gasteiger partial charge on any atom is -0.478 e. The summed E-state index contributed by atoms with van der Waals surface area (Å²) in [6.07, 6.45) is 0.00264. The standard InChI is InChI=1S/C17H20N2O4S2/c20-15(9-12-3-1-2-4-13(12)17(22)23)19-11-25-10-14(19)16(21)18-5-7-24-8-6-18/h1-4,14H,5-11H2,(H,22,23). The number of hydrogen-bond acceptors (Lipinski definition) is 5. The van der Waals surface area contributed by atoms with Gasteiger partial charge in [-0.3, -0.25) is 9.59 Å². The quantitative estimate of drug-likeness (QED) is 0.851. The van der Waals surface area contributed by atoms with Crippen molar-refractivity contribution in [1.82, 2.24) is 9.80 Å². The van der Waals surface area contributed by atoms with E-state index < -0.39 is 12.0 Å². The highest BCUT2D eigenvalue weighted by atomic mass is 32.2. The molecule has 0 aromatic heterocycles. The van der Waals surface area contributed by atoms with Gasteiger partial charge in [-0.05, 0) is 11.6 Å². The normalized spacial score (nSPS) is 20.6. The first kappa shape index (κ1) is 18.1. The van der Waals surface area contributed by atoms with Crippen LogP contribution in [0.5, 0.6) is 0 Å². The summed E-state index contributed by atoms with van der Waals surface area (Å²) < 4.78 is 0. The van der Waals surface area contributed by atoms with Crippen molar-refractivity contribution in [1.29, 1.82) is 0 Å². The molecule has 3 rings (SSSR count). The molecule has 1 unspecified atom stereocenters. The maximum Gasteiger partial charge on any atom is 0.335 e. The van der Waals surface area contributed by atoms with Gasteiger partial charge < -0.3 is 14.9 Å². The lowest BCUT2D eigenvalue weighted by Gasteiger charge is -2.32. The summed E-state index contributed by atoms with van der Waals surface area (Å²) in [6, 6.07) is 6.09. The predicted molar refractivity (Wildman–Crippen MR) is 99.0 cm³/mol. The molecule has 2 fully saturated rings. The van der Waals surface area contributed by atoms with E-state index in [0.29, 0.717) is 17.2 Å². The van der Waals surface area contributed by atoms with E-state index in [4.69, 9.17) is 0 Å². The van der Waals surface area contributed by atoms with Gasteiger partial charge in [0, 0.05) is 30.3 Å². The second-order valence-corrected chi connectivity index (χ2v) is 8.18. The van der Waals surface area contributed by atoms with Crippen LogP contribution in [-0.4, -0.2) is 75.0 Å². The van der Waals surface area contributed by atoms with Crippen LogP contribution in [0.25, 0.3) is 0 Å². The van der Waals surface area contributed by atoms with Gasteiger partial charge in [-0.2, -0.15) is 11.8 Å². The number of carboxylic acid groups (broad SMARTS) is 1. The molecule has 0 bridgehead atoms. The van der Waals surface area contributed by atoms with E-state index in [1.54, 1.807) is 34.9 Å². The van der Waals surface area contributed by atoms with Crippen molar-refractivity contribution >= 4 is 41.3 Å². The van der Waals surface area contributed by atoms with Gasteiger partial charge in [-0.1, -0.05) is 18.2 Å². The molecule has 0 spiro atoms. The smallest absolute Gasteiger partial charge is 0.335 e. The van der Waals surface area contributed by atoms with Crippen molar-refractivity contribution < 1.29 is 19.5 Å². The Kier molecular flexibility index (Phi) is 5.90. The highest BCUT2D eigenvalue weighted by Crippen LogP contribution is 2.25. The summed E-state index contributed by atoms with van der Waals surface area (Å²) in [4.78, 5) is 40.3. The zero-order valence-corrected chi connectivity index (χ0v) is 15.4. The highest BCUT2D eigenvalue weighted by Gasteiger charge is 2.37. The molecular formula is C17H20N2O4S2. The largest absolute Gasteiger partial charge is 0.478 e. The molecule has 2 saturated heterocycles. The molecule has 6 nitrogen and oxygen atoms in total. The summed E-state index contributed by atoms with van der Waals surface area (Å²) in [5, 5.41) is 9.26. The van der Waals surface area contributed by atoms with Crippen LogP contribution in [0.2, 0.25) is 0 Å². The van der Waals surface area contributed by atoms with E-state index in [-0.39, 0.29) is 23.8 Å². The summed E-state index contributed by atoms with van der Waals surface area (Å²) >= 11 is 3.40. The summed E-state index contributed by atoms with van der Waals surface area (Å²) in [5.41, 5.74) is 0.621. The first-order chi connectivity index (χ1) is 12.1. The van der Waals surface area contributed by atoms with Crippen LogP contribution >= 0.6 is 23.5 Å². The van der Waals surface area contributed by atoms with E-state index in [0.717, 1.165) is 24.6 Å². The van der Waals surface area contributed by atoms with Crippen LogP contribution in [0, 0.1) is 0 Å². The Bertz CT molecular complexity index is 676. The number of thioether (sulfide) groups is 2.